The van der Waals surface area contributed by atoms with Crippen molar-refractivity contribution in [2.45, 2.75) is 24.2 Å². The minimum atomic E-state index is -4.71. The van der Waals surface area contributed by atoms with Crippen molar-refractivity contribution >= 4 is 15.8 Å². The highest BCUT2D eigenvalue weighted by Crippen LogP contribution is 2.22. The van der Waals surface area contributed by atoms with Gasteiger partial charge < -0.3 is 9.15 Å². The van der Waals surface area contributed by atoms with Gasteiger partial charge >= 0.3 is 11.7 Å². The number of oxazole rings is 1. The van der Waals surface area contributed by atoms with E-state index in [9.17, 15) is 22.0 Å². The molecule has 0 unspecified atom stereocenters. The summed E-state index contributed by atoms with van der Waals surface area (Å²) in [5.74, 6) is -3.39. The number of hydrogen-bond donors (Lipinski definition) is 0. The molecule has 6 nitrogen and oxygen atoms in total. The Hall–Kier alpha value is -3.07. The predicted octanol–water partition coefficient (Wildman–Crippen LogP) is 4.00. The van der Waals surface area contributed by atoms with E-state index in [0.717, 1.165) is 29.8 Å². The molecule has 146 valence electrons. The molecule has 2 aromatic carbocycles. The summed E-state index contributed by atoms with van der Waals surface area (Å²) in [4.78, 5) is 15.9. The lowest BCUT2D eigenvalue weighted by Gasteiger charge is -2.05. The molecular formula is C19H15F2NO5S. The molecule has 0 N–H and O–H groups in total. The summed E-state index contributed by atoms with van der Waals surface area (Å²) in [5.41, 5.74) is 1.24. The molecule has 28 heavy (non-hydrogen) atoms. The lowest BCUT2D eigenvalue weighted by Crippen LogP contribution is -2.12. The topological polar surface area (TPSA) is 86.5 Å². The van der Waals surface area contributed by atoms with Crippen LogP contribution in [0.15, 0.2) is 63.9 Å². The number of aromatic nitrogens is 1. The first-order valence-electron chi connectivity index (χ1n) is 8.10. The van der Waals surface area contributed by atoms with E-state index in [2.05, 4.69) is 4.98 Å². The van der Waals surface area contributed by atoms with Crippen molar-refractivity contribution in [3.8, 4) is 11.5 Å². The number of aryl methyl sites for hydroxylation is 1. The Labute approximate surface area is 159 Å². The molecule has 0 bridgehead atoms. The van der Waals surface area contributed by atoms with Crippen molar-refractivity contribution in [2.24, 2.45) is 0 Å². The highest BCUT2D eigenvalue weighted by molar-refractivity contribution is 7.91. The molecule has 0 amide bonds. The van der Waals surface area contributed by atoms with Gasteiger partial charge in [0.05, 0.1) is 10.5 Å². The number of rotatable bonds is 6. The number of halogens is 2. The third-order valence-corrected chi connectivity index (χ3v) is 5.30. The highest BCUT2D eigenvalue weighted by Gasteiger charge is 2.26. The van der Waals surface area contributed by atoms with Crippen LogP contribution in [-0.2, 0) is 21.2 Å². The quantitative estimate of drug-likeness (QED) is 0.574. The first-order chi connectivity index (χ1) is 13.3. The third kappa shape index (κ3) is 4.09. The first-order valence-corrected chi connectivity index (χ1v) is 9.64. The summed E-state index contributed by atoms with van der Waals surface area (Å²) in [5, 5.41) is 0. The van der Waals surface area contributed by atoms with Crippen LogP contribution >= 0.6 is 0 Å². The van der Waals surface area contributed by atoms with Gasteiger partial charge in [-0.3, -0.25) is 0 Å². The van der Waals surface area contributed by atoms with Gasteiger partial charge in [0, 0.05) is 5.56 Å². The molecule has 0 saturated carbocycles. The van der Waals surface area contributed by atoms with Crippen molar-refractivity contribution in [1.82, 2.24) is 4.98 Å². The second-order valence-electron chi connectivity index (χ2n) is 5.79. The Bertz CT molecular complexity index is 1080. The summed E-state index contributed by atoms with van der Waals surface area (Å²) in [6.45, 7) is 1.53. The van der Waals surface area contributed by atoms with E-state index >= 15 is 0 Å². The zero-order valence-corrected chi connectivity index (χ0v) is 15.4. The predicted molar refractivity (Wildman–Crippen MR) is 95.4 cm³/mol. The molecule has 0 atom stereocenters. The summed E-state index contributed by atoms with van der Waals surface area (Å²) in [6.07, 6.45) is 0. The standard InChI is InChI=1S/C19H15F2NO5S/c1-12-16(22-17(27-12)13-5-3-2-4-6-13)11-26-18(23)14-7-9-15(10-8-14)28(24,25)19(20)21/h2-10,19H,11H2,1H3. The van der Waals surface area contributed by atoms with Crippen molar-refractivity contribution in [3.05, 3.63) is 71.6 Å². The van der Waals surface area contributed by atoms with Gasteiger partial charge in [0.2, 0.25) is 15.7 Å². The second kappa shape index (κ2) is 7.89. The van der Waals surface area contributed by atoms with E-state index in [4.69, 9.17) is 9.15 Å². The van der Waals surface area contributed by atoms with E-state index in [1.165, 1.54) is 0 Å². The van der Waals surface area contributed by atoms with Gasteiger partial charge in [-0.25, -0.2) is 18.2 Å². The van der Waals surface area contributed by atoms with Gasteiger partial charge in [-0.05, 0) is 43.3 Å². The maximum absolute atomic E-state index is 12.5. The molecule has 1 heterocycles. The van der Waals surface area contributed by atoms with Crippen LogP contribution in [0.4, 0.5) is 8.78 Å². The zero-order valence-electron chi connectivity index (χ0n) is 14.6. The van der Waals surface area contributed by atoms with Crippen LogP contribution in [0.25, 0.3) is 11.5 Å². The lowest BCUT2D eigenvalue weighted by molar-refractivity contribution is 0.0467. The number of hydrogen-bond acceptors (Lipinski definition) is 6. The normalized spacial score (nSPS) is 11.6. The zero-order chi connectivity index (χ0) is 20.3. The van der Waals surface area contributed by atoms with Crippen LogP contribution in [0.5, 0.6) is 0 Å². The Morgan fingerprint density at radius 1 is 1.11 bits per heavy atom. The van der Waals surface area contributed by atoms with E-state index in [1.807, 2.05) is 30.3 Å². The number of alkyl halides is 2. The lowest BCUT2D eigenvalue weighted by atomic mass is 10.2. The van der Waals surface area contributed by atoms with E-state index in [0.29, 0.717) is 17.3 Å². The minimum absolute atomic E-state index is 0.0256. The number of benzene rings is 2. The van der Waals surface area contributed by atoms with Crippen LogP contribution < -0.4 is 0 Å². The Balaban J connectivity index is 1.69. The molecule has 0 aliphatic carbocycles. The number of carbonyl (C=O) groups is 1. The fourth-order valence-corrected chi connectivity index (χ4v) is 3.09. The Morgan fingerprint density at radius 3 is 2.36 bits per heavy atom. The number of nitrogens with zero attached hydrogens (tertiary/aromatic N) is 1. The third-order valence-electron chi connectivity index (χ3n) is 3.91. The van der Waals surface area contributed by atoms with E-state index in [1.54, 1.807) is 6.92 Å². The maximum atomic E-state index is 12.5. The summed E-state index contributed by atoms with van der Waals surface area (Å²) in [7, 11) is -4.71. The summed E-state index contributed by atoms with van der Waals surface area (Å²) < 4.78 is 58.6. The fourth-order valence-electron chi connectivity index (χ4n) is 2.37. The number of ether oxygens (including phenoxy) is 1. The summed E-state index contributed by atoms with van der Waals surface area (Å²) in [6, 6.07) is 13.3. The smallest absolute Gasteiger partial charge is 0.341 e. The molecule has 3 aromatic rings. The molecule has 0 spiro atoms. The van der Waals surface area contributed by atoms with Crippen molar-refractivity contribution < 1.29 is 31.1 Å². The van der Waals surface area contributed by atoms with Gasteiger partial charge in [-0.1, -0.05) is 18.2 Å². The molecule has 1 aromatic heterocycles. The van der Waals surface area contributed by atoms with E-state index < -0.39 is 26.5 Å². The first kappa shape index (κ1) is 19.7. The van der Waals surface area contributed by atoms with Gasteiger partial charge in [0.25, 0.3) is 0 Å². The number of esters is 1. The molecule has 0 aliphatic heterocycles. The van der Waals surface area contributed by atoms with Crippen LogP contribution in [-0.4, -0.2) is 25.1 Å². The maximum Gasteiger partial charge on any atom is 0.341 e. The van der Waals surface area contributed by atoms with Crippen molar-refractivity contribution in [3.63, 3.8) is 0 Å². The van der Waals surface area contributed by atoms with Crippen LogP contribution in [0, 0.1) is 6.92 Å². The molecule has 0 fully saturated rings. The van der Waals surface area contributed by atoms with Crippen LogP contribution in [0.3, 0.4) is 0 Å². The minimum Gasteiger partial charge on any atom is -0.455 e. The monoisotopic (exact) mass is 407 g/mol. The average Bonchev–Trinajstić information content (AvgIpc) is 3.07. The largest absolute Gasteiger partial charge is 0.455 e. The SMILES string of the molecule is Cc1oc(-c2ccccc2)nc1COC(=O)c1ccc(S(=O)(=O)C(F)F)cc1. The van der Waals surface area contributed by atoms with Crippen LogP contribution in [0.2, 0.25) is 0 Å². The fraction of sp³-hybridized carbons (Fsp3) is 0.158. The van der Waals surface area contributed by atoms with Gasteiger partial charge in [-0.15, -0.1) is 0 Å². The average molecular weight is 407 g/mol. The van der Waals surface area contributed by atoms with Gasteiger partial charge in [0.15, 0.2) is 0 Å². The van der Waals surface area contributed by atoms with Gasteiger partial charge in [0.1, 0.15) is 18.1 Å². The molecule has 0 radical (unpaired) electrons. The van der Waals surface area contributed by atoms with Gasteiger partial charge in [-0.2, -0.15) is 8.78 Å². The summed E-state index contributed by atoms with van der Waals surface area (Å²) >= 11 is 0. The molecule has 0 aliphatic rings. The molecule has 0 saturated heterocycles. The molecule has 9 heteroatoms. The highest BCUT2D eigenvalue weighted by atomic mass is 32.2. The van der Waals surface area contributed by atoms with Crippen molar-refractivity contribution in [1.29, 1.82) is 0 Å². The molecule has 3 rings (SSSR count). The number of sulfone groups is 1. The van der Waals surface area contributed by atoms with Crippen molar-refractivity contribution in [2.75, 3.05) is 0 Å². The Kier molecular flexibility index (Phi) is 5.55. The molecular weight excluding hydrogens is 392 g/mol. The number of carbonyl (C=O) groups excluding carboxylic acids is 1. The van der Waals surface area contributed by atoms with E-state index in [-0.39, 0.29) is 12.2 Å². The second-order valence-corrected chi connectivity index (χ2v) is 7.71. The Morgan fingerprint density at radius 2 is 1.75 bits per heavy atom. The van der Waals surface area contributed by atoms with Crippen LogP contribution in [0.1, 0.15) is 21.8 Å².